The van der Waals surface area contributed by atoms with Gasteiger partial charge in [0.25, 0.3) is 0 Å². The van der Waals surface area contributed by atoms with Crippen LogP contribution in [-0.4, -0.2) is 17.2 Å². The summed E-state index contributed by atoms with van der Waals surface area (Å²) in [5, 5.41) is 18.5. The fourth-order valence-electron chi connectivity index (χ4n) is 1.91. The normalized spacial score (nSPS) is 10.9. The molecule has 0 aliphatic heterocycles. The lowest BCUT2D eigenvalue weighted by Gasteiger charge is -2.11. The maximum absolute atomic E-state index is 12.7. The lowest BCUT2D eigenvalue weighted by atomic mass is 9.76. The molecule has 0 spiro atoms. The van der Waals surface area contributed by atoms with Crippen LogP contribution in [0.3, 0.4) is 0 Å². The van der Waals surface area contributed by atoms with E-state index in [2.05, 4.69) is 0 Å². The number of benzene rings is 1. The van der Waals surface area contributed by atoms with E-state index in [-0.39, 0.29) is 34.6 Å². The number of rotatable bonds is 3. The van der Waals surface area contributed by atoms with E-state index >= 15 is 0 Å². The standard InChI is InChI=1S/C13H12BF3NO2.BrH/c15-13(16,17)11-4-5-12(14(19)20)10(8-11)9-18-6-2-1-3-7-18;/h1-8,19-20H,9H2;1H/q+1;/p-1. The minimum atomic E-state index is -4.46. The van der Waals surface area contributed by atoms with Crippen LogP contribution in [0.2, 0.25) is 0 Å². The Balaban J connectivity index is 0.00000220. The summed E-state index contributed by atoms with van der Waals surface area (Å²) in [5.41, 5.74) is -0.534. The van der Waals surface area contributed by atoms with E-state index < -0.39 is 18.9 Å². The molecule has 0 amide bonds. The molecule has 0 unspecified atom stereocenters. The predicted molar refractivity (Wildman–Crippen MR) is 67.0 cm³/mol. The molecule has 0 radical (unpaired) electrons. The molecule has 2 rings (SSSR count). The number of hydrogen-bond acceptors (Lipinski definition) is 2. The van der Waals surface area contributed by atoms with Crippen molar-refractivity contribution in [2.45, 2.75) is 12.7 Å². The number of halogens is 4. The molecule has 2 N–H and O–H groups in total. The van der Waals surface area contributed by atoms with E-state index in [0.717, 1.165) is 18.2 Å². The van der Waals surface area contributed by atoms with E-state index in [4.69, 9.17) is 0 Å². The smallest absolute Gasteiger partial charge is 0.488 e. The van der Waals surface area contributed by atoms with Crippen LogP contribution >= 0.6 is 0 Å². The van der Waals surface area contributed by atoms with Crippen molar-refractivity contribution < 1.29 is 44.8 Å². The molecule has 3 nitrogen and oxygen atoms in total. The molecule has 1 heterocycles. The summed E-state index contributed by atoms with van der Waals surface area (Å²) in [4.78, 5) is 0. The average Bonchev–Trinajstić information content (AvgIpc) is 2.38. The van der Waals surface area contributed by atoms with Gasteiger partial charge in [0.15, 0.2) is 18.9 Å². The molecule has 2 aromatic rings. The van der Waals surface area contributed by atoms with Crippen LogP contribution in [-0.2, 0) is 12.7 Å². The van der Waals surface area contributed by atoms with Crippen molar-refractivity contribution in [3.8, 4) is 0 Å². The Labute approximate surface area is 130 Å². The molecule has 0 saturated heterocycles. The monoisotopic (exact) mass is 361 g/mol. The number of hydrogen-bond donors (Lipinski definition) is 2. The van der Waals surface area contributed by atoms with Crippen LogP contribution in [0.15, 0.2) is 48.8 Å². The van der Waals surface area contributed by atoms with Crippen molar-refractivity contribution in [3.05, 3.63) is 59.9 Å². The lowest BCUT2D eigenvalue weighted by Crippen LogP contribution is -3.00. The van der Waals surface area contributed by atoms with Crippen LogP contribution < -0.4 is 27.0 Å². The zero-order valence-corrected chi connectivity index (χ0v) is 12.3. The Morgan fingerprint density at radius 1 is 1.05 bits per heavy atom. The van der Waals surface area contributed by atoms with Crippen LogP contribution in [0, 0.1) is 0 Å². The van der Waals surface area contributed by atoms with Gasteiger partial charge in [0.2, 0.25) is 0 Å². The fraction of sp³-hybridized carbons (Fsp3) is 0.154. The molecule has 0 aliphatic carbocycles. The first-order chi connectivity index (χ1) is 9.38. The molecule has 1 aromatic carbocycles. The third-order valence-electron chi connectivity index (χ3n) is 2.88. The highest BCUT2D eigenvalue weighted by molar-refractivity contribution is 6.59. The van der Waals surface area contributed by atoms with Crippen molar-refractivity contribution in [3.63, 3.8) is 0 Å². The highest BCUT2D eigenvalue weighted by atomic mass is 79.9. The van der Waals surface area contributed by atoms with Gasteiger partial charge in [-0.3, -0.25) is 0 Å². The first-order valence-electron chi connectivity index (χ1n) is 5.88. The summed E-state index contributed by atoms with van der Waals surface area (Å²) >= 11 is 0. The zero-order chi connectivity index (χ0) is 14.8. The maximum atomic E-state index is 12.7. The van der Waals surface area contributed by atoms with Crippen molar-refractivity contribution in [1.82, 2.24) is 0 Å². The van der Waals surface area contributed by atoms with Gasteiger partial charge in [0, 0.05) is 17.7 Å². The quantitative estimate of drug-likeness (QED) is 0.478. The maximum Gasteiger partial charge on any atom is 0.488 e. The molecule has 1 aromatic heterocycles. The van der Waals surface area contributed by atoms with Crippen LogP contribution in [0.5, 0.6) is 0 Å². The van der Waals surface area contributed by atoms with Crippen molar-refractivity contribution >= 4 is 12.6 Å². The Hall–Kier alpha value is -1.38. The average molecular weight is 362 g/mol. The molecular weight excluding hydrogens is 350 g/mol. The minimum Gasteiger partial charge on any atom is -1.00 e. The van der Waals surface area contributed by atoms with Gasteiger partial charge in [-0.05, 0) is 11.5 Å². The SMILES string of the molecule is OB(O)c1ccc(C(F)(F)F)cc1C[n+]1ccccc1.[Br-]. The van der Waals surface area contributed by atoms with Crippen molar-refractivity contribution in [1.29, 1.82) is 0 Å². The van der Waals surface area contributed by atoms with Gasteiger partial charge in [-0.25, -0.2) is 4.57 Å². The number of pyridine rings is 1. The predicted octanol–water partition coefficient (Wildman–Crippen LogP) is -2.27. The second kappa shape index (κ2) is 7.06. The number of alkyl halides is 3. The first kappa shape index (κ1) is 17.7. The van der Waals surface area contributed by atoms with Gasteiger partial charge in [0.05, 0.1) is 5.56 Å². The number of aromatic nitrogens is 1. The third-order valence-corrected chi connectivity index (χ3v) is 2.88. The van der Waals surface area contributed by atoms with Crippen LogP contribution in [0.25, 0.3) is 0 Å². The largest absolute Gasteiger partial charge is 1.00 e. The molecule has 0 fully saturated rings. The molecule has 21 heavy (non-hydrogen) atoms. The molecule has 0 saturated carbocycles. The summed E-state index contributed by atoms with van der Waals surface area (Å²) < 4.78 is 39.8. The highest BCUT2D eigenvalue weighted by Crippen LogP contribution is 2.29. The zero-order valence-electron chi connectivity index (χ0n) is 10.8. The number of nitrogens with zero attached hydrogens (tertiary/aromatic N) is 1. The first-order valence-corrected chi connectivity index (χ1v) is 5.88. The molecule has 8 heteroatoms. The van der Waals surface area contributed by atoms with Crippen LogP contribution in [0.1, 0.15) is 11.1 Å². The van der Waals surface area contributed by atoms with E-state index in [1.54, 1.807) is 35.2 Å². The second-order valence-corrected chi connectivity index (χ2v) is 4.33. The molecule has 0 aliphatic rings. The Kier molecular flexibility index (Phi) is 5.94. The molecule has 0 atom stereocenters. The summed E-state index contributed by atoms with van der Waals surface area (Å²) in [6, 6.07) is 8.13. The van der Waals surface area contributed by atoms with E-state index in [1.807, 2.05) is 0 Å². The minimum absolute atomic E-state index is 0. The van der Waals surface area contributed by atoms with Crippen molar-refractivity contribution in [2.75, 3.05) is 0 Å². The van der Waals surface area contributed by atoms with Crippen LogP contribution in [0.4, 0.5) is 13.2 Å². The molecular formula is C13H12BBrF3NO2. The van der Waals surface area contributed by atoms with Gasteiger partial charge in [-0.15, -0.1) is 0 Å². The fourth-order valence-corrected chi connectivity index (χ4v) is 1.91. The molecule has 0 bridgehead atoms. The van der Waals surface area contributed by atoms with Gasteiger partial charge in [-0.2, -0.15) is 13.2 Å². The highest BCUT2D eigenvalue weighted by Gasteiger charge is 2.32. The van der Waals surface area contributed by atoms with E-state index in [0.29, 0.717) is 0 Å². The Morgan fingerprint density at radius 3 is 2.19 bits per heavy atom. The Bertz CT molecular complexity index is 594. The van der Waals surface area contributed by atoms with Gasteiger partial charge in [0.1, 0.15) is 0 Å². The topological polar surface area (TPSA) is 44.3 Å². The second-order valence-electron chi connectivity index (χ2n) is 4.33. The van der Waals surface area contributed by atoms with Gasteiger partial charge < -0.3 is 27.0 Å². The van der Waals surface area contributed by atoms with Gasteiger partial charge in [-0.1, -0.05) is 18.2 Å². The summed E-state index contributed by atoms with van der Waals surface area (Å²) in [6.45, 7) is 0.123. The summed E-state index contributed by atoms with van der Waals surface area (Å²) in [6.07, 6.45) is -1.09. The van der Waals surface area contributed by atoms with E-state index in [9.17, 15) is 23.2 Å². The summed E-state index contributed by atoms with van der Waals surface area (Å²) in [7, 11) is -1.81. The third kappa shape index (κ3) is 4.55. The summed E-state index contributed by atoms with van der Waals surface area (Å²) in [5.74, 6) is 0. The van der Waals surface area contributed by atoms with Crippen molar-refractivity contribution in [2.24, 2.45) is 0 Å². The Morgan fingerprint density at radius 2 is 1.67 bits per heavy atom. The van der Waals surface area contributed by atoms with Gasteiger partial charge >= 0.3 is 13.3 Å². The molecule has 112 valence electrons. The lowest BCUT2D eigenvalue weighted by molar-refractivity contribution is -0.688. The van der Waals surface area contributed by atoms with E-state index in [1.165, 1.54) is 0 Å².